The van der Waals surface area contributed by atoms with Crippen molar-refractivity contribution < 1.29 is 44.9 Å². The van der Waals surface area contributed by atoms with E-state index in [1.807, 2.05) is 0 Å². The van der Waals surface area contributed by atoms with Crippen LogP contribution in [0, 0.1) is 0 Å². The molecule has 10 heavy (non-hydrogen) atoms. The van der Waals surface area contributed by atoms with Crippen molar-refractivity contribution in [3.63, 3.8) is 0 Å². The van der Waals surface area contributed by atoms with Gasteiger partial charge in [-0.05, 0) is 0 Å². The van der Waals surface area contributed by atoms with Crippen LogP contribution >= 0.6 is 0 Å². The molecule has 0 fully saturated rings. The SMILES string of the molecule is Oc1cc(O)cc(O)c1.[Na+]. The summed E-state index contributed by atoms with van der Waals surface area (Å²) in [7, 11) is 0. The average Bonchev–Trinajstić information content (AvgIpc) is 1.59. The molecule has 0 spiro atoms. The van der Waals surface area contributed by atoms with Crippen LogP contribution in [-0.2, 0) is 0 Å². The monoisotopic (exact) mass is 149 g/mol. The Hall–Kier alpha value is -0.380. The topological polar surface area (TPSA) is 60.7 Å². The van der Waals surface area contributed by atoms with E-state index in [1.54, 1.807) is 0 Å². The Kier molecular flexibility index (Phi) is 3.57. The van der Waals surface area contributed by atoms with Gasteiger partial charge < -0.3 is 15.3 Å². The maximum absolute atomic E-state index is 8.67. The molecule has 3 N–H and O–H groups in total. The number of rotatable bonds is 0. The van der Waals surface area contributed by atoms with Crippen LogP contribution in [0.2, 0.25) is 0 Å². The van der Waals surface area contributed by atoms with Gasteiger partial charge in [-0.2, -0.15) is 0 Å². The van der Waals surface area contributed by atoms with Crippen molar-refractivity contribution >= 4 is 0 Å². The molecule has 0 heterocycles. The van der Waals surface area contributed by atoms with Gasteiger partial charge in [-0.25, -0.2) is 0 Å². The Bertz CT molecular complexity index is 174. The Morgan fingerprint density at radius 1 is 0.700 bits per heavy atom. The average molecular weight is 149 g/mol. The zero-order chi connectivity index (χ0) is 6.85. The fourth-order valence-corrected chi connectivity index (χ4v) is 0.580. The molecule has 0 aromatic heterocycles. The van der Waals surface area contributed by atoms with Gasteiger partial charge in [0.05, 0.1) is 0 Å². The van der Waals surface area contributed by atoms with Gasteiger partial charge in [-0.15, -0.1) is 0 Å². The first-order valence-corrected chi connectivity index (χ1v) is 2.40. The number of benzene rings is 1. The molecule has 0 bridgehead atoms. The first kappa shape index (κ1) is 9.62. The molecule has 0 amide bonds. The molecule has 0 aliphatic rings. The largest absolute Gasteiger partial charge is 1.00 e. The molecule has 0 saturated carbocycles. The van der Waals surface area contributed by atoms with Crippen molar-refractivity contribution in [3.05, 3.63) is 18.2 Å². The molecular formula is C6H6NaO3+. The third kappa shape index (κ3) is 2.47. The zero-order valence-corrected chi connectivity index (χ0v) is 7.57. The van der Waals surface area contributed by atoms with Gasteiger partial charge in [-0.1, -0.05) is 0 Å². The summed E-state index contributed by atoms with van der Waals surface area (Å²) >= 11 is 0. The van der Waals surface area contributed by atoms with Gasteiger partial charge in [-0.3, -0.25) is 0 Å². The van der Waals surface area contributed by atoms with E-state index in [0.29, 0.717) is 0 Å². The second-order valence-corrected chi connectivity index (χ2v) is 1.71. The molecular weight excluding hydrogens is 143 g/mol. The maximum Gasteiger partial charge on any atom is 1.00 e. The summed E-state index contributed by atoms with van der Waals surface area (Å²) in [5.41, 5.74) is 0. The van der Waals surface area contributed by atoms with Crippen molar-refractivity contribution in [1.82, 2.24) is 0 Å². The summed E-state index contributed by atoms with van der Waals surface area (Å²) in [5.74, 6) is -0.437. The molecule has 0 atom stereocenters. The fourth-order valence-electron chi connectivity index (χ4n) is 0.580. The summed E-state index contributed by atoms with van der Waals surface area (Å²) in [6, 6.07) is 3.42. The molecule has 0 saturated heterocycles. The van der Waals surface area contributed by atoms with E-state index in [2.05, 4.69) is 0 Å². The maximum atomic E-state index is 8.67. The van der Waals surface area contributed by atoms with Gasteiger partial charge in [0, 0.05) is 18.2 Å². The van der Waals surface area contributed by atoms with Crippen molar-refractivity contribution in [2.75, 3.05) is 0 Å². The number of phenolic OH excluding ortho intramolecular Hbond substituents is 3. The minimum atomic E-state index is -0.146. The molecule has 1 rings (SSSR count). The zero-order valence-electron chi connectivity index (χ0n) is 5.57. The summed E-state index contributed by atoms with van der Waals surface area (Å²) in [5, 5.41) is 26.0. The second kappa shape index (κ2) is 3.71. The van der Waals surface area contributed by atoms with Gasteiger partial charge >= 0.3 is 29.6 Å². The Morgan fingerprint density at radius 3 is 1.10 bits per heavy atom. The molecule has 4 heteroatoms. The summed E-state index contributed by atoms with van der Waals surface area (Å²) in [4.78, 5) is 0. The normalized spacial score (nSPS) is 8.40. The molecule has 1 aromatic rings. The predicted molar refractivity (Wildman–Crippen MR) is 31.4 cm³/mol. The molecule has 0 aliphatic heterocycles. The van der Waals surface area contributed by atoms with Crippen LogP contribution in [0.1, 0.15) is 0 Å². The Morgan fingerprint density at radius 2 is 0.900 bits per heavy atom. The minimum absolute atomic E-state index is 0. The Labute approximate surface area is 80.2 Å². The van der Waals surface area contributed by atoms with Crippen molar-refractivity contribution in [1.29, 1.82) is 0 Å². The Balaban J connectivity index is 0.000000810. The fraction of sp³-hybridized carbons (Fsp3) is 0. The quantitative estimate of drug-likeness (QED) is 0.367. The number of phenols is 3. The summed E-state index contributed by atoms with van der Waals surface area (Å²) < 4.78 is 0. The summed E-state index contributed by atoms with van der Waals surface area (Å²) in [6.07, 6.45) is 0. The van der Waals surface area contributed by atoms with Crippen LogP contribution in [0.3, 0.4) is 0 Å². The standard InChI is InChI=1S/C6H6O3.Na/c7-4-1-5(8)3-6(9)2-4;/h1-3,7-9H;/q;+1. The van der Waals surface area contributed by atoms with Crippen LogP contribution in [0.4, 0.5) is 0 Å². The van der Waals surface area contributed by atoms with Crippen LogP contribution in [-0.4, -0.2) is 15.3 Å². The van der Waals surface area contributed by atoms with Crippen molar-refractivity contribution in [2.24, 2.45) is 0 Å². The van der Waals surface area contributed by atoms with E-state index in [-0.39, 0.29) is 46.8 Å². The van der Waals surface area contributed by atoms with Gasteiger partial charge in [0.2, 0.25) is 0 Å². The van der Waals surface area contributed by atoms with E-state index in [1.165, 1.54) is 0 Å². The smallest absolute Gasteiger partial charge is 0.508 e. The molecule has 3 nitrogen and oxygen atoms in total. The van der Waals surface area contributed by atoms with Gasteiger partial charge in [0.15, 0.2) is 0 Å². The minimum Gasteiger partial charge on any atom is -0.508 e. The van der Waals surface area contributed by atoms with E-state index in [0.717, 1.165) is 18.2 Å². The van der Waals surface area contributed by atoms with Gasteiger partial charge in [0.1, 0.15) is 17.2 Å². The van der Waals surface area contributed by atoms with E-state index in [4.69, 9.17) is 15.3 Å². The third-order valence-corrected chi connectivity index (χ3v) is 0.887. The van der Waals surface area contributed by atoms with E-state index < -0.39 is 0 Å². The number of hydrogen-bond donors (Lipinski definition) is 3. The molecule has 48 valence electrons. The van der Waals surface area contributed by atoms with Gasteiger partial charge in [0.25, 0.3) is 0 Å². The summed E-state index contributed by atoms with van der Waals surface area (Å²) in [6.45, 7) is 0. The molecule has 0 unspecified atom stereocenters. The molecule has 1 aromatic carbocycles. The van der Waals surface area contributed by atoms with Crippen LogP contribution in [0.5, 0.6) is 17.2 Å². The van der Waals surface area contributed by atoms with Crippen LogP contribution < -0.4 is 29.6 Å². The first-order valence-electron chi connectivity index (χ1n) is 2.40. The second-order valence-electron chi connectivity index (χ2n) is 1.71. The van der Waals surface area contributed by atoms with E-state index in [9.17, 15) is 0 Å². The molecule has 0 radical (unpaired) electrons. The number of aromatic hydroxyl groups is 3. The predicted octanol–water partition coefficient (Wildman–Crippen LogP) is -2.19. The first-order chi connectivity index (χ1) is 4.18. The number of hydrogen-bond acceptors (Lipinski definition) is 3. The van der Waals surface area contributed by atoms with Crippen molar-refractivity contribution in [2.45, 2.75) is 0 Å². The van der Waals surface area contributed by atoms with Crippen LogP contribution in [0.25, 0.3) is 0 Å². The molecule has 0 aliphatic carbocycles. The van der Waals surface area contributed by atoms with E-state index >= 15 is 0 Å². The van der Waals surface area contributed by atoms with Crippen molar-refractivity contribution in [3.8, 4) is 17.2 Å². The third-order valence-electron chi connectivity index (χ3n) is 0.887. The van der Waals surface area contributed by atoms with Crippen LogP contribution in [0.15, 0.2) is 18.2 Å².